The number of methoxy groups -OCH3 is 1. The number of thioether (sulfide) groups is 1. The van der Waals surface area contributed by atoms with E-state index in [1.807, 2.05) is 24.5 Å². The first-order chi connectivity index (χ1) is 11.5. The van der Waals surface area contributed by atoms with Crippen LogP contribution in [-0.2, 0) is 9.53 Å². The van der Waals surface area contributed by atoms with E-state index < -0.39 is 11.9 Å². The molecule has 0 fully saturated rings. The lowest BCUT2D eigenvalue weighted by Gasteiger charge is -2.08. The molecule has 0 radical (unpaired) electrons. The van der Waals surface area contributed by atoms with Gasteiger partial charge < -0.3 is 14.8 Å². The van der Waals surface area contributed by atoms with Crippen LogP contribution in [0, 0.1) is 0 Å². The number of nitrogens with one attached hydrogen (secondary N) is 1. The first-order valence-electron chi connectivity index (χ1n) is 6.98. The highest BCUT2D eigenvalue weighted by molar-refractivity contribution is 9.10. The fraction of sp³-hybridized carbons (Fsp3) is 0.176. The normalized spacial score (nSPS) is 10.1. The molecule has 0 aliphatic heterocycles. The standard InChI is InChI=1S/C17H16BrNO4S/c1-22-15-7-6-11(8-14(15)18)17(21)23-10-16(20)19-12-4-3-5-13(9-12)24-2/h3-9H,10H2,1-2H3,(H,19,20). The Hall–Kier alpha value is -1.99. The molecule has 0 heterocycles. The number of benzene rings is 2. The second-order valence-electron chi connectivity index (χ2n) is 4.71. The molecule has 0 bridgehead atoms. The van der Waals surface area contributed by atoms with Gasteiger partial charge in [-0.3, -0.25) is 4.79 Å². The second kappa shape index (κ2) is 8.75. The third-order valence-corrected chi connectivity index (χ3v) is 4.42. The van der Waals surface area contributed by atoms with E-state index in [2.05, 4.69) is 21.2 Å². The summed E-state index contributed by atoms with van der Waals surface area (Å²) in [6, 6.07) is 12.2. The minimum absolute atomic E-state index is 0.333. The summed E-state index contributed by atoms with van der Waals surface area (Å²) in [5.41, 5.74) is 0.995. The molecule has 7 heteroatoms. The summed E-state index contributed by atoms with van der Waals surface area (Å²) in [6.45, 7) is -0.355. The Labute approximate surface area is 152 Å². The van der Waals surface area contributed by atoms with Crippen molar-refractivity contribution in [3.63, 3.8) is 0 Å². The van der Waals surface area contributed by atoms with Crippen LogP contribution in [0.1, 0.15) is 10.4 Å². The lowest BCUT2D eigenvalue weighted by Crippen LogP contribution is -2.20. The van der Waals surface area contributed by atoms with Crippen LogP contribution in [0.2, 0.25) is 0 Å². The highest BCUT2D eigenvalue weighted by atomic mass is 79.9. The van der Waals surface area contributed by atoms with E-state index in [0.29, 0.717) is 21.5 Å². The summed E-state index contributed by atoms with van der Waals surface area (Å²) in [4.78, 5) is 24.9. The zero-order valence-corrected chi connectivity index (χ0v) is 15.6. The van der Waals surface area contributed by atoms with Gasteiger partial charge in [0.25, 0.3) is 5.91 Å². The third-order valence-electron chi connectivity index (χ3n) is 3.08. The highest BCUT2D eigenvalue weighted by Crippen LogP contribution is 2.25. The molecule has 1 N–H and O–H groups in total. The lowest BCUT2D eigenvalue weighted by atomic mass is 10.2. The fourth-order valence-electron chi connectivity index (χ4n) is 1.91. The molecule has 2 rings (SSSR count). The SMILES string of the molecule is COc1ccc(C(=O)OCC(=O)Nc2cccc(SC)c2)cc1Br. The molecule has 0 unspecified atom stereocenters. The molecule has 2 aromatic rings. The molecular formula is C17H16BrNO4S. The van der Waals surface area contributed by atoms with Crippen molar-refractivity contribution >= 4 is 45.3 Å². The number of carbonyl (C=O) groups is 2. The van der Waals surface area contributed by atoms with Crippen LogP contribution in [0.3, 0.4) is 0 Å². The number of carbonyl (C=O) groups excluding carboxylic acids is 2. The van der Waals surface area contributed by atoms with Crippen LogP contribution >= 0.6 is 27.7 Å². The average Bonchev–Trinajstić information content (AvgIpc) is 2.59. The molecule has 0 saturated carbocycles. The Morgan fingerprint density at radius 1 is 1.21 bits per heavy atom. The first-order valence-corrected chi connectivity index (χ1v) is 9.00. The van der Waals surface area contributed by atoms with Crippen molar-refractivity contribution in [2.75, 3.05) is 25.3 Å². The van der Waals surface area contributed by atoms with Crippen molar-refractivity contribution in [1.29, 1.82) is 0 Å². The van der Waals surface area contributed by atoms with E-state index in [1.54, 1.807) is 36.0 Å². The van der Waals surface area contributed by atoms with E-state index in [9.17, 15) is 9.59 Å². The number of esters is 1. The van der Waals surface area contributed by atoms with Gasteiger partial charge in [-0.1, -0.05) is 6.07 Å². The molecule has 0 aliphatic rings. The fourth-order valence-corrected chi connectivity index (χ4v) is 2.91. The smallest absolute Gasteiger partial charge is 0.338 e. The summed E-state index contributed by atoms with van der Waals surface area (Å²) in [5.74, 6) is -0.362. The van der Waals surface area contributed by atoms with Crippen molar-refractivity contribution < 1.29 is 19.1 Å². The van der Waals surface area contributed by atoms with Gasteiger partial charge in [-0.05, 0) is 58.6 Å². The Bertz CT molecular complexity index is 751. The van der Waals surface area contributed by atoms with Crippen molar-refractivity contribution in [1.82, 2.24) is 0 Å². The van der Waals surface area contributed by atoms with Gasteiger partial charge in [0.1, 0.15) is 5.75 Å². The van der Waals surface area contributed by atoms with Crippen LogP contribution in [0.15, 0.2) is 51.8 Å². The number of hydrogen-bond donors (Lipinski definition) is 1. The van der Waals surface area contributed by atoms with Gasteiger partial charge in [0.05, 0.1) is 17.1 Å². The summed E-state index contributed by atoms with van der Waals surface area (Å²) in [7, 11) is 1.54. The van der Waals surface area contributed by atoms with Crippen molar-refractivity contribution in [2.24, 2.45) is 0 Å². The van der Waals surface area contributed by atoms with Crippen LogP contribution in [0.25, 0.3) is 0 Å². The molecule has 24 heavy (non-hydrogen) atoms. The van der Waals surface area contributed by atoms with Crippen molar-refractivity contribution in [2.45, 2.75) is 4.90 Å². The molecular weight excluding hydrogens is 394 g/mol. The number of halogens is 1. The molecule has 0 atom stereocenters. The topological polar surface area (TPSA) is 64.6 Å². The van der Waals surface area contributed by atoms with Gasteiger partial charge in [-0.25, -0.2) is 4.79 Å². The average molecular weight is 410 g/mol. The number of ether oxygens (including phenoxy) is 2. The van der Waals surface area contributed by atoms with E-state index in [1.165, 1.54) is 7.11 Å². The van der Waals surface area contributed by atoms with Gasteiger partial charge in [0.2, 0.25) is 0 Å². The maximum Gasteiger partial charge on any atom is 0.338 e. The summed E-state index contributed by atoms with van der Waals surface area (Å²) < 4.78 is 10.8. The number of anilines is 1. The molecule has 0 spiro atoms. The third kappa shape index (κ3) is 5.01. The molecule has 5 nitrogen and oxygen atoms in total. The van der Waals surface area contributed by atoms with Gasteiger partial charge in [-0.15, -0.1) is 11.8 Å². The van der Waals surface area contributed by atoms with Crippen LogP contribution in [-0.4, -0.2) is 31.8 Å². The Morgan fingerprint density at radius 2 is 2.00 bits per heavy atom. The minimum atomic E-state index is -0.577. The monoisotopic (exact) mass is 409 g/mol. The predicted molar refractivity (Wildman–Crippen MR) is 97.8 cm³/mol. The van der Waals surface area contributed by atoms with Crippen molar-refractivity contribution in [3.05, 3.63) is 52.5 Å². The van der Waals surface area contributed by atoms with Crippen LogP contribution in [0.4, 0.5) is 5.69 Å². The van der Waals surface area contributed by atoms with Gasteiger partial charge in [-0.2, -0.15) is 0 Å². The minimum Gasteiger partial charge on any atom is -0.496 e. The number of hydrogen-bond acceptors (Lipinski definition) is 5. The lowest BCUT2D eigenvalue weighted by molar-refractivity contribution is -0.119. The quantitative estimate of drug-likeness (QED) is 0.577. The second-order valence-corrected chi connectivity index (χ2v) is 6.44. The zero-order valence-electron chi connectivity index (χ0n) is 13.2. The molecule has 0 aliphatic carbocycles. The van der Waals surface area contributed by atoms with E-state index in [-0.39, 0.29) is 6.61 Å². The van der Waals surface area contributed by atoms with Crippen LogP contribution in [0.5, 0.6) is 5.75 Å². The summed E-state index contributed by atoms with van der Waals surface area (Å²) in [6.07, 6.45) is 1.95. The van der Waals surface area contributed by atoms with E-state index in [0.717, 1.165) is 4.90 Å². The van der Waals surface area contributed by atoms with E-state index in [4.69, 9.17) is 9.47 Å². The van der Waals surface area contributed by atoms with Crippen LogP contribution < -0.4 is 10.1 Å². The van der Waals surface area contributed by atoms with Crippen molar-refractivity contribution in [3.8, 4) is 5.75 Å². The Balaban J connectivity index is 1.91. The van der Waals surface area contributed by atoms with Gasteiger partial charge >= 0.3 is 5.97 Å². The summed E-state index contributed by atoms with van der Waals surface area (Å²) >= 11 is 4.88. The molecule has 0 saturated heterocycles. The first kappa shape index (κ1) is 18.4. The largest absolute Gasteiger partial charge is 0.496 e. The number of rotatable bonds is 6. The maximum atomic E-state index is 12.0. The molecule has 126 valence electrons. The van der Waals surface area contributed by atoms with Gasteiger partial charge in [0.15, 0.2) is 6.61 Å². The molecule has 2 aromatic carbocycles. The molecule has 0 aromatic heterocycles. The highest BCUT2D eigenvalue weighted by Gasteiger charge is 2.12. The maximum absolute atomic E-state index is 12.0. The zero-order chi connectivity index (χ0) is 17.5. The van der Waals surface area contributed by atoms with E-state index >= 15 is 0 Å². The van der Waals surface area contributed by atoms with Gasteiger partial charge in [0, 0.05) is 10.6 Å². The Kier molecular flexibility index (Phi) is 6.69. The molecule has 1 amide bonds. The Morgan fingerprint density at radius 3 is 2.67 bits per heavy atom. The number of amides is 1. The summed E-state index contributed by atoms with van der Waals surface area (Å²) in [5, 5.41) is 2.69. The predicted octanol–water partition coefficient (Wildman–Crippen LogP) is 3.98.